The predicted octanol–water partition coefficient (Wildman–Crippen LogP) is -0.401. The summed E-state index contributed by atoms with van der Waals surface area (Å²) in [6.45, 7) is 2.14. The molecule has 1 aromatic rings. The van der Waals surface area contributed by atoms with Crippen molar-refractivity contribution in [2.45, 2.75) is 12.5 Å². The Hall–Kier alpha value is -1.10. The summed E-state index contributed by atoms with van der Waals surface area (Å²) in [5.41, 5.74) is 6.02. The third-order valence-corrected chi connectivity index (χ3v) is 3.62. The predicted molar refractivity (Wildman–Crippen MR) is 52.8 cm³/mol. The van der Waals surface area contributed by atoms with Crippen molar-refractivity contribution in [1.29, 1.82) is 0 Å². The normalized spacial score (nSPS) is 35.6. The number of nitrogens with zero attached hydrogens (tertiary/aromatic N) is 4. The van der Waals surface area contributed by atoms with Crippen LogP contribution in [-0.4, -0.2) is 34.1 Å². The molecule has 5 nitrogen and oxygen atoms in total. The molecule has 4 rings (SSSR count). The number of fused-ring (bicyclic) bond motifs is 2. The van der Waals surface area contributed by atoms with Gasteiger partial charge in [0.05, 0.1) is 6.20 Å². The van der Waals surface area contributed by atoms with E-state index in [1.54, 1.807) is 0 Å². The van der Waals surface area contributed by atoms with Crippen molar-refractivity contribution in [2.75, 3.05) is 18.0 Å². The molecule has 3 fully saturated rings. The van der Waals surface area contributed by atoms with Gasteiger partial charge >= 0.3 is 0 Å². The lowest BCUT2D eigenvalue weighted by Gasteiger charge is -2.52. The average molecular weight is 193 g/mol. The molecule has 1 aromatic heterocycles. The van der Waals surface area contributed by atoms with E-state index in [-0.39, 0.29) is 0 Å². The maximum absolute atomic E-state index is 6.02. The minimum absolute atomic E-state index is 0.437. The smallest absolute Gasteiger partial charge is 0.147 e. The fourth-order valence-corrected chi connectivity index (χ4v) is 2.68. The third kappa shape index (κ3) is 0.987. The Morgan fingerprint density at radius 3 is 2.64 bits per heavy atom. The van der Waals surface area contributed by atoms with Crippen LogP contribution in [0.2, 0.25) is 0 Å². The monoisotopic (exact) mass is 193 g/mol. The van der Waals surface area contributed by atoms with Gasteiger partial charge in [0.25, 0.3) is 0 Å². The van der Waals surface area contributed by atoms with E-state index in [9.17, 15) is 0 Å². The maximum Gasteiger partial charge on any atom is 0.147 e. The molecule has 0 spiro atoms. The summed E-state index contributed by atoms with van der Waals surface area (Å²) in [6, 6.07) is 0.437. The first-order chi connectivity index (χ1) is 6.75. The van der Waals surface area contributed by atoms with Crippen LogP contribution in [0.5, 0.6) is 0 Å². The van der Waals surface area contributed by atoms with Crippen LogP contribution in [-0.2, 0) is 7.05 Å². The van der Waals surface area contributed by atoms with E-state index < -0.39 is 0 Å². The van der Waals surface area contributed by atoms with E-state index in [4.69, 9.17) is 5.73 Å². The van der Waals surface area contributed by atoms with Gasteiger partial charge in [0.2, 0.25) is 0 Å². The SMILES string of the molecule is Cn1nncc1N1CC2CC(C1)C2N. The summed E-state index contributed by atoms with van der Waals surface area (Å²) in [5.74, 6) is 2.49. The number of anilines is 1. The fourth-order valence-electron chi connectivity index (χ4n) is 2.68. The average Bonchev–Trinajstić information content (AvgIpc) is 2.64. The van der Waals surface area contributed by atoms with Crippen LogP contribution in [0.4, 0.5) is 5.82 Å². The molecule has 0 radical (unpaired) electrons. The second-order valence-electron chi connectivity index (χ2n) is 4.45. The topological polar surface area (TPSA) is 60.0 Å². The van der Waals surface area contributed by atoms with Crippen molar-refractivity contribution in [3.8, 4) is 0 Å². The van der Waals surface area contributed by atoms with E-state index in [0.717, 1.165) is 18.9 Å². The third-order valence-electron chi connectivity index (χ3n) is 3.62. The van der Waals surface area contributed by atoms with Crippen LogP contribution in [0.3, 0.4) is 0 Å². The molecule has 2 atom stereocenters. The summed E-state index contributed by atoms with van der Waals surface area (Å²) >= 11 is 0. The van der Waals surface area contributed by atoms with E-state index >= 15 is 0 Å². The largest absolute Gasteiger partial charge is 0.355 e. The molecule has 76 valence electrons. The lowest BCUT2D eigenvalue weighted by Crippen LogP contribution is -2.62. The second kappa shape index (κ2) is 2.70. The van der Waals surface area contributed by atoms with Gasteiger partial charge in [0, 0.05) is 26.2 Å². The molecule has 1 saturated carbocycles. The van der Waals surface area contributed by atoms with Crippen molar-refractivity contribution in [3.05, 3.63) is 6.20 Å². The molecule has 3 aliphatic rings. The number of hydrogen-bond donors (Lipinski definition) is 1. The molecule has 2 N–H and O–H groups in total. The number of piperidine rings is 2. The molecule has 1 aliphatic carbocycles. The zero-order valence-corrected chi connectivity index (χ0v) is 8.30. The first-order valence-corrected chi connectivity index (χ1v) is 5.11. The van der Waals surface area contributed by atoms with E-state index in [2.05, 4.69) is 15.2 Å². The van der Waals surface area contributed by atoms with Crippen LogP contribution in [0.25, 0.3) is 0 Å². The summed E-state index contributed by atoms with van der Waals surface area (Å²) in [4.78, 5) is 2.35. The van der Waals surface area contributed by atoms with Crippen LogP contribution < -0.4 is 10.6 Å². The number of nitrogens with two attached hydrogens (primary N) is 1. The first kappa shape index (κ1) is 8.23. The summed E-state index contributed by atoms with van der Waals surface area (Å²) in [5, 5.41) is 7.84. The first-order valence-electron chi connectivity index (χ1n) is 5.11. The molecule has 3 heterocycles. The lowest BCUT2D eigenvalue weighted by molar-refractivity contribution is 0.115. The molecule has 2 bridgehead atoms. The van der Waals surface area contributed by atoms with Crippen LogP contribution in [0.1, 0.15) is 6.42 Å². The van der Waals surface area contributed by atoms with Gasteiger partial charge in [-0.1, -0.05) is 5.21 Å². The van der Waals surface area contributed by atoms with Crippen molar-refractivity contribution in [1.82, 2.24) is 15.0 Å². The van der Waals surface area contributed by atoms with Crippen molar-refractivity contribution >= 4 is 5.82 Å². The Labute approximate surface area is 82.9 Å². The van der Waals surface area contributed by atoms with E-state index in [0.29, 0.717) is 17.9 Å². The van der Waals surface area contributed by atoms with Gasteiger partial charge in [0.1, 0.15) is 5.82 Å². The fraction of sp³-hybridized carbons (Fsp3) is 0.778. The Morgan fingerprint density at radius 1 is 1.43 bits per heavy atom. The summed E-state index contributed by atoms with van der Waals surface area (Å²) < 4.78 is 1.83. The molecule has 0 amide bonds. The molecular formula is C9H15N5. The second-order valence-corrected chi connectivity index (χ2v) is 4.45. The summed E-state index contributed by atoms with van der Waals surface area (Å²) in [6.07, 6.45) is 3.14. The lowest BCUT2D eigenvalue weighted by atomic mass is 9.67. The van der Waals surface area contributed by atoms with Gasteiger partial charge in [-0.15, -0.1) is 5.10 Å². The van der Waals surface area contributed by atoms with E-state index in [1.165, 1.54) is 6.42 Å². The van der Waals surface area contributed by atoms with Crippen LogP contribution in [0.15, 0.2) is 6.20 Å². The zero-order valence-electron chi connectivity index (χ0n) is 8.30. The van der Waals surface area contributed by atoms with Crippen molar-refractivity contribution in [3.63, 3.8) is 0 Å². The number of aryl methyl sites for hydroxylation is 1. The van der Waals surface area contributed by atoms with Gasteiger partial charge < -0.3 is 10.6 Å². The van der Waals surface area contributed by atoms with Crippen LogP contribution >= 0.6 is 0 Å². The van der Waals surface area contributed by atoms with E-state index in [1.807, 2.05) is 17.9 Å². The van der Waals surface area contributed by atoms with Gasteiger partial charge in [-0.05, 0) is 18.3 Å². The number of hydrogen-bond acceptors (Lipinski definition) is 4. The Kier molecular flexibility index (Phi) is 1.58. The minimum Gasteiger partial charge on any atom is -0.355 e. The molecular weight excluding hydrogens is 178 g/mol. The highest BCUT2D eigenvalue weighted by atomic mass is 15.5. The summed E-state index contributed by atoms with van der Waals surface area (Å²) in [7, 11) is 1.93. The van der Waals surface area contributed by atoms with Crippen molar-refractivity contribution < 1.29 is 0 Å². The molecule has 0 aromatic carbocycles. The maximum atomic E-state index is 6.02. The molecule has 5 heteroatoms. The highest BCUT2D eigenvalue weighted by Crippen LogP contribution is 2.39. The minimum atomic E-state index is 0.437. The standard InChI is InChI=1S/C9H15N5/c1-13-8(3-11-12-13)14-4-6-2-7(5-14)9(6)10/h3,6-7,9H,2,4-5,10H2,1H3. The van der Waals surface area contributed by atoms with Crippen LogP contribution in [0, 0.1) is 11.8 Å². The molecule has 2 aliphatic heterocycles. The highest BCUT2D eigenvalue weighted by molar-refractivity contribution is 5.38. The number of rotatable bonds is 1. The Bertz CT molecular complexity index is 335. The molecule has 2 unspecified atom stereocenters. The van der Waals surface area contributed by atoms with Gasteiger partial charge in [-0.3, -0.25) is 0 Å². The zero-order chi connectivity index (χ0) is 9.71. The van der Waals surface area contributed by atoms with Gasteiger partial charge in [-0.2, -0.15) is 0 Å². The Balaban J connectivity index is 1.80. The van der Waals surface area contributed by atoms with Gasteiger partial charge in [0.15, 0.2) is 0 Å². The van der Waals surface area contributed by atoms with Crippen molar-refractivity contribution in [2.24, 2.45) is 24.6 Å². The van der Waals surface area contributed by atoms with Gasteiger partial charge in [-0.25, -0.2) is 4.68 Å². The Morgan fingerprint density at radius 2 is 2.14 bits per heavy atom. The molecule has 2 saturated heterocycles. The number of aromatic nitrogens is 3. The highest BCUT2D eigenvalue weighted by Gasteiger charge is 2.44. The quantitative estimate of drug-likeness (QED) is 0.659. The molecule has 14 heavy (non-hydrogen) atoms.